The van der Waals surface area contributed by atoms with Crippen molar-refractivity contribution in [2.45, 2.75) is 18.8 Å². The minimum Gasteiger partial charge on any atom is -0.398 e. The number of nitrogens with one attached hydrogen (secondary N) is 2. The summed E-state index contributed by atoms with van der Waals surface area (Å²) in [4.78, 5) is 16.6. The van der Waals surface area contributed by atoms with Crippen LogP contribution in [-0.4, -0.2) is 32.3 Å². The number of nitrogens with zero attached hydrogens (tertiary/aromatic N) is 1. The van der Waals surface area contributed by atoms with Crippen LogP contribution < -0.4 is 22.1 Å². The highest BCUT2D eigenvalue weighted by molar-refractivity contribution is 6.08. The number of amides is 1. The summed E-state index contributed by atoms with van der Waals surface area (Å²) in [7, 11) is 1.68. The first kappa shape index (κ1) is 17.9. The molecule has 6 heteroatoms. The van der Waals surface area contributed by atoms with Gasteiger partial charge in [0, 0.05) is 35.9 Å². The number of piperidine rings is 1. The topological polar surface area (TPSA) is 106 Å². The van der Waals surface area contributed by atoms with Gasteiger partial charge in [0.2, 0.25) is 0 Å². The molecule has 3 rings (SSSR count). The summed E-state index contributed by atoms with van der Waals surface area (Å²) in [5, 5.41) is 6.24. The number of rotatable bonds is 4. The van der Waals surface area contributed by atoms with Gasteiger partial charge in [0.25, 0.3) is 5.91 Å². The SMILES string of the molecule is CN=Cc1cc(NC(=O)c2ccc(C3CCNCC3)cc2N)ccc1N. The maximum absolute atomic E-state index is 12.6. The minimum atomic E-state index is -0.233. The van der Waals surface area contributed by atoms with E-state index in [0.29, 0.717) is 28.5 Å². The molecule has 0 aromatic heterocycles. The molecule has 26 heavy (non-hydrogen) atoms. The molecule has 0 bridgehead atoms. The number of hydrogen-bond acceptors (Lipinski definition) is 5. The lowest BCUT2D eigenvalue weighted by molar-refractivity contribution is 0.102. The molecule has 0 spiro atoms. The molecule has 2 aromatic carbocycles. The molecular formula is C20H25N5O. The van der Waals surface area contributed by atoms with Gasteiger partial charge in [-0.3, -0.25) is 9.79 Å². The van der Waals surface area contributed by atoms with Crippen molar-refractivity contribution in [3.63, 3.8) is 0 Å². The second kappa shape index (κ2) is 8.01. The molecule has 1 heterocycles. The molecule has 1 fully saturated rings. The van der Waals surface area contributed by atoms with E-state index in [1.807, 2.05) is 18.2 Å². The van der Waals surface area contributed by atoms with E-state index < -0.39 is 0 Å². The highest BCUT2D eigenvalue weighted by Crippen LogP contribution is 2.28. The van der Waals surface area contributed by atoms with Crippen molar-refractivity contribution >= 4 is 29.2 Å². The molecule has 0 radical (unpaired) electrons. The number of anilines is 3. The van der Waals surface area contributed by atoms with Crippen LogP contribution in [0.5, 0.6) is 0 Å². The van der Waals surface area contributed by atoms with Gasteiger partial charge in [-0.05, 0) is 67.7 Å². The Labute approximate surface area is 153 Å². The standard InChI is InChI=1S/C20H25N5O/c1-23-12-15-10-16(3-5-18(15)21)25-20(26)17-4-2-14(11-19(17)22)13-6-8-24-9-7-13/h2-5,10-13,24H,6-9,21-22H2,1H3,(H,25,26). The largest absolute Gasteiger partial charge is 0.398 e. The number of carbonyl (C=O) groups excluding carboxylic acids is 1. The molecule has 0 aliphatic carbocycles. The fourth-order valence-corrected chi connectivity index (χ4v) is 3.30. The number of aliphatic imine (C=N–C) groups is 1. The Morgan fingerprint density at radius 1 is 1.15 bits per heavy atom. The van der Waals surface area contributed by atoms with Gasteiger partial charge in [-0.1, -0.05) is 6.07 Å². The molecule has 1 amide bonds. The molecule has 6 N–H and O–H groups in total. The lowest BCUT2D eigenvalue weighted by Crippen LogP contribution is -2.26. The third kappa shape index (κ3) is 4.03. The Morgan fingerprint density at radius 3 is 2.62 bits per heavy atom. The zero-order valence-corrected chi connectivity index (χ0v) is 15.0. The lowest BCUT2D eigenvalue weighted by Gasteiger charge is -2.23. The van der Waals surface area contributed by atoms with Crippen LogP contribution in [0.3, 0.4) is 0 Å². The maximum Gasteiger partial charge on any atom is 0.257 e. The third-order valence-corrected chi connectivity index (χ3v) is 4.74. The maximum atomic E-state index is 12.6. The fraction of sp³-hybridized carbons (Fsp3) is 0.300. The summed E-state index contributed by atoms with van der Waals surface area (Å²) >= 11 is 0. The molecule has 0 unspecified atom stereocenters. The van der Waals surface area contributed by atoms with Crippen molar-refractivity contribution in [3.05, 3.63) is 53.1 Å². The first-order valence-corrected chi connectivity index (χ1v) is 8.81. The zero-order chi connectivity index (χ0) is 18.5. The van der Waals surface area contributed by atoms with Crippen LogP contribution >= 0.6 is 0 Å². The minimum absolute atomic E-state index is 0.233. The van der Waals surface area contributed by atoms with Crippen molar-refractivity contribution < 1.29 is 4.79 Å². The van der Waals surface area contributed by atoms with E-state index in [1.165, 1.54) is 5.56 Å². The monoisotopic (exact) mass is 351 g/mol. The van der Waals surface area contributed by atoms with Crippen molar-refractivity contribution in [2.24, 2.45) is 4.99 Å². The van der Waals surface area contributed by atoms with E-state index >= 15 is 0 Å². The van der Waals surface area contributed by atoms with Crippen LogP contribution in [0.25, 0.3) is 0 Å². The molecule has 2 aromatic rings. The number of benzene rings is 2. The Hall–Kier alpha value is -2.86. The quantitative estimate of drug-likeness (QED) is 0.502. The van der Waals surface area contributed by atoms with Crippen LogP contribution in [0.15, 0.2) is 41.4 Å². The first-order valence-electron chi connectivity index (χ1n) is 8.81. The van der Waals surface area contributed by atoms with Gasteiger partial charge in [-0.25, -0.2) is 0 Å². The fourth-order valence-electron chi connectivity index (χ4n) is 3.30. The van der Waals surface area contributed by atoms with E-state index in [2.05, 4.69) is 15.6 Å². The van der Waals surface area contributed by atoms with Crippen molar-refractivity contribution in [3.8, 4) is 0 Å². The Morgan fingerprint density at radius 2 is 1.92 bits per heavy atom. The Balaban J connectivity index is 1.76. The molecule has 0 saturated carbocycles. The smallest absolute Gasteiger partial charge is 0.257 e. The van der Waals surface area contributed by atoms with Crippen LogP contribution in [-0.2, 0) is 0 Å². The number of hydrogen-bond donors (Lipinski definition) is 4. The van der Waals surface area contributed by atoms with Gasteiger partial charge >= 0.3 is 0 Å². The summed E-state index contributed by atoms with van der Waals surface area (Å²) in [5.41, 5.74) is 16.3. The van der Waals surface area contributed by atoms with Crippen LogP contribution in [0, 0.1) is 0 Å². The van der Waals surface area contributed by atoms with E-state index in [-0.39, 0.29) is 5.91 Å². The summed E-state index contributed by atoms with van der Waals surface area (Å²) in [6.45, 7) is 2.04. The summed E-state index contributed by atoms with van der Waals surface area (Å²) < 4.78 is 0. The number of nitrogens with two attached hydrogens (primary N) is 2. The van der Waals surface area contributed by atoms with Gasteiger partial charge in [0.05, 0.1) is 5.56 Å². The van der Waals surface area contributed by atoms with Gasteiger partial charge in [0.15, 0.2) is 0 Å². The molecule has 136 valence electrons. The third-order valence-electron chi connectivity index (χ3n) is 4.74. The van der Waals surface area contributed by atoms with Crippen molar-refractivity contribution in [2.75, 3.05) is 36.9 Å². The van der Waals surface area contributed by atoms with E-state index in [9.17, 15) is 4.79 Å². The molecular weight excluding hydrogens is 326 g/mol. The normalized spacial score (nSPS) is 15.3. The van der Waals surface area contributed by atoms with Crippen LogP contribution in [0.1, 0.15) is 40.2 Å². The Kier molecular flexibility index (Phi) is 5.53. The predicted molar refractivity (Wildman–Crippen MR) is 108 cm³/mol. The summed E-state index contributed by atoms with van der Waals surface area (Å²) in [5.74, 6) is 0.271. The Bertz CT molecular complexity index is 825. The van der Waals surface area contributed by atoms with E-state index in [1.54, 1.807) is 31.5 Å². The average Bonchev–Trinajstić information content (AvgIpc) is 2.65. The average molecular weight is 351 g/mol. The molecule has 1 saturated heterocycles. The molecule has 6 nitrogen and oxygen atoms in total. The molecule has 0 atom stereocenters. The van der Waals surface area contributed by atoms with E-state index in [0.717, 1.165) is 31.5 Å². The predicted octanol–water partition coefficient (Wildman–Crippen LogP) is 2.62. The molecule has 1 aliphatic rings. The van der Waals surface area contributed by atoms with Crippen LogP contribution in [0.2, 0.25) is 0 Å². The second-order valence-electron chi connectivity index (χ2n) is 6.56. The second-order valence-corrected chi connectivity index (χ2v) is 6.56. The van der Waals surface area contributed by atoms with Gasteiger partial charge in [0.1, 0.15) is 0 Å². The van der Waals surface area contributed by atoms with Gasteiger partial charge in [-0.2, -0.15) is 0 Å². The van der Waals surface area contributed by atoms with Crippen molar-refractivity contribution in [1.82, 2.24) is 5.32 Å². The van der Waals surface area contributed by atoms with Crippen molar-refractivity contribution in [1.29, 1.82) is 0 Å². The highest BCUT2D eigenvalue weighted by Gasteiger charge is 2.18. The lowest BCUT2D eigenvalue weighted by atomic mass is 9.89. The number of nitrogen functional groups attached to an aromatic ring is 2. The summed E-state index contributed by atoms with van der Waals surface area (Å²) in [6, 6.07) is 11.1. The highest BCUT2D eigenvalue weighted by atomic mass is 16.1. The van der Waals surface area contributed by atoms with Gasteiger partial charge < -0.3 is 22.1 Å². The number of carbonyl (C=O) groups is 1. The zero-order valence-electron chi connectivity index (χ0n) is 15.0. The summed E-state index contributed by atoms with van der Waals surface area (Å²) in [6.07, 6.45) is 3.85. The van der Waals surface area contributed by atoms with Crippen LogP contribution in [0.4, 0.5) is 17.1 Å². The first-order chi connectivity index (χ1) is 12.6. The molecule has 1 aliphatic heterocycles. The van der Waals surface area contributed by atoms with E-state index in [4.69, 9.17) is 11.5 Å². The van der Waals surface area contributed by atoms with Gasteiger partial charge in [-0.15, -0.1) is 0 Å².